The molecule has 0 radical (unpaired) electrons. The Morgan fingerprint density at radius 3 is 2.95 bits per heavy atom. The Morgan fingerprint density at radius 2 is 2.19 bits per heavy atom. The van der Waals surface area contributed by atoms with E-state index in [2.05, 4.69) is 21.2 Å². The molecule has 0 saturated heterocycles. The van der Waals surface area contributed by atoms with Crippen LogP contribution in [0, 0.1) is 0 Å². The SMILES string of the molecule is CCOC(=O)CCC(=O)NCc1cc(Br)cc2c1OCC2. The third-order valence-electron chi connectivity index (χ3n) is 3.16. The molecule has 0 aromatic heterocycles. The van der Waals surface area contributed by atoms with Crippen molar-refractivity contribution < 1.29 is 19.1 Å². The highest BCUT2D eigenvalue weighted by atomic mass is 79.9. The molecular weight excluding hydrogens is 338 g/mol. The maximum Gasteiger partial charge on any atom is 0.306 e. The molecule has 0 spiro atoms. The first-order valence-electron chi connectivity index (χ1n) is 6.96. The summed E-state index contributed by atoms with van der Waals surface area (Å²) in [7, 11) is 0. The first-order chi connectivity index (χ1) is 10.1. The van der Waals surface area contributed by atoms with Gasteiger partial charge in [0.15, 0.2) is 0 Å². The molecule has 1 aliphatic heterocycles. The van der Waals surface area contributed by atoms with Gasteiger partial charge in [0.2, 0.25) is 5.91 Å². The van der Waals surface area contributed by atoms with Gasteiger partial charge in [-0.2, -0.15) is 0 Å². The lowest BCUT2D eigenvalue weighted by molar-refractivity contribution is -0.144. The van der Waals surface area contributed by atoms with Crippen LogP contribution in [0.15, 0.2) is 16.6 Å². The predicted molar refractivity (Wildman–Crippen MR) is 81.1 cm³/mol. The Morgan fingerprint density at radius 1 is 1.38 bits per heavy atom. The number of amides is 1. The number of hydrogen-bond donors (Lipinski definition) is 1. The van der Waals surface area contributed by atoms with Crippen LogP contribution in [-0.4, -0.2) is 25.1 Å². The second-order valence-corrected chi connectivity index (χ2v) is 5.65. The summed E-state index contributed by atoms with van der Waals surface area (Å²) in [5.41, 5.74) is 2.10. The van der Waals surface area contributed by atoms with E-state index in [0.29, 0.717) is 19.8 Å². The molecule has 0 bridgehead atoms. The van der Waals surface area contributed by atoms with E-state index < -0.39 is 0 Å². The maximum atomic E-state index is 11.7. The molecule has 0 aliphatic carbocycles. The largest absolute Gasteiger partial charge is 0.493 e. The minimum Gasteiger partial charge on any atom is -0.493 e. The van der Waals surface area contributed by atoms with Crippen LogP contribution in [0.3, 0.4) is 0 Å². The zero-order valence-electron chi connectivity index (χ0n) is 11.9. The number of nitrogens with one attached hydrogen (secondary N) is 1. The number of ether oxygens (including phenoxy) is 2. The summed E-state index contributed by atoms with van der Waals surface area (Å²) in [5, 5.41) is 2.81. The first kappa shape index (κ1) is 15.8. The Balaban J connectivity index is 1.86. The molecule has 21 heavy (non-hydrogen) atoms. The van der Waals surface area contributed by atoms with Gasteiger partial charge in [-0.25, -0.2) is 0 Å². The van der Waals surface area contributed by atoms with Crippen LogP contribution in [0.2, 0.25) is 0 Å². The van der Waals surface area contributed by atoms with Gasteiger partial charge in [-0.1, -0.05) is 15.9 Å². The van der Waals surface area contributed by atoms with Gasteiger partial charge in [-0.05, 0) is 24.6 Å². The van der Waals surface area contributed by atoms with Gasteiger partial charge >= 0.3 is 5.97 Å². The van der Waals surface area contributed by atoms with E-state index in [0.717, 1.165) is 27.8 Å². The summed E-state index contributed by atoms with van der Waals surface area (Å²) in [5.74, 6) is 0.345. The fraction of sp³-hybridized carbons (Fsp3) is 0.467. The fourth-order valence-electron chi connectivity index (χ4n) is 2.21. The topological polar surface area (TPSA) is 64.6 Å². The molecule has 1 heterocycles. The van der Waals surface area contributed by atoms with Gasteiger partial charge in [0, 0.05) is 29.4 Å². The minimum absolute atomic E-state index is 0.104. The Kier molecular flexibility index (Phi) is 5.61. The minimum atomic E-state index is -0.348. The number of halogens is 1. The number of fused-ring (bicyclic) bond motifs is 1. The van der Waals surface area contributed by atoms with E-state index in [1.54, 1.807) is 6.92 Å². The quantitative estimate of drug-likeness (QED) is 0.795. The zero-order chi connectivity index (χ0) is 15.2. The van der Waals surface area contributed by atoms with Crippen LogP contribution in [0.25, 0.3) is 0 Å². The lowest BCUT2D eigenvalue weighted by atomic mass is 10.1. The smallest absolute Gasteiger partial charge is 0.306 e. The van der Waals surface area contributed by atoms with Crippen LogP contribution >= 0.6 is 15.9 Å². The van der Waals surface area contributed by atoms with E-state index >= 15 is 0 Å². The third kappa shape index (κ3) is 4.46. The number of carbonyl (C=O) groups is 2. The van der Waals surface area contributed by atoms with E-state index in [1.165, 1.54) is 0 Å². The maximum absolute atomic E-state index is 11.7. The summed E-state index contributed by atoms with van der Waals surface area (Å²) >= 11 is 3.46. The van der Waals surface area contributed by atoms with Gasteiger partial charge < -0.3 is 14.8 Å². The van der Waals surface area contributed by atoms with Crippen molar-refractivity contribution in [1.82, 2.24) is 5.32 Å². The van der Waals surface area contributed by atoms with Crippen molar-refractivity contribution in [2.24, 2.45) is 0 Å². The van der Waals surface area contributed by atoms with Crippen molar-refractivity contribution in [3.63, 3.8) is 0 Å². The molecule has 114 valence electrons. The Hall–Kier alpha value is -1.56. The van der Waals surface area contributed by atoms with E-state index in [9.17, 15) is 9.59 Å². The average molecular weight is 356 g/mol. The van der Waals surface area contributed by atoms with Gasteiger partial charge in [0.05, 0.1) is 19.6 Å². The Labute approximate surface area is 132 Å². The number of esters is 1. The molecule has 5 nitrogen and oxygen atoms in total. The van der Waals surface area contributed by atoms with Gasteiger partial charge in [0.25, 0.3) is 0 Å². The van der Waals surface area contributed by atoms with E-state index in [-0.39, 0.29) is 24.7 Å². The molecule has 1 aliphatic rings. The normalized spacial score (nSPS) is 12.5. The lowest BCUT2D eigenvalue weighted by Gasteiger charge is -2.10. The molecule has 0 fully saturated rings. The molecule has 1 amide bonds. The van der Waals surface area contributed by atoms with Crippen LogP contribution in [-0.2, 0) is 27.3 Å². The summed E-state index contributed by atoms with van der Waals surface area (Å²) in [6.45, 7) is 3.15. The highest BCUT2D eigenvalue weighted by molar-refractivity contribution is 9.10. The van der Waals surface area contributed by atoms with Crippen LogP contribution in [0.4, 0.5) is 0 Å². The van der Waals surface area contributed by atoms with E-state index in [1.807, 2.05) is 12.1 Å². The summed E-state index contributed by atoms with van der Waals surface area (Å²) < 4.78 is 11.4. The average Bonchev–Trinajstić information content (AvgIpc) is 2.91. The summed E-state index contributed by atoms with van der Waals surface area (Å²) in [4.78, 5) is 22.9. The standard InChI is InChI=1S/C15H18BrNO4/c1-2-20-14(19)4-3-13(18)17-9-11-8-12(16)7-10-5-6-21-15(10)11/h7-8H,2-6,9H2,1H3,(H,17,18). The molecule has 1 aromatic carbocycles. The van der Waals surface area contributed by atoms with Crippen molar-refractivity contribution in [2.45, 2.75) is 32.7 Å². The molecule has 6 heteroatoms. The van der Waals surface area contributed by atoms with Gasteiger partial charge in [0.1, 0.15) is 5.75 Å². The molecule has 0 unspecified atom stereocenters. The van der Waals surface area contributed by atoms with Crippen LogP contribution in [0.5, 0.6) is 5.75 Å². The zero-order valence-corrected chi connectivity index (χ0v) is 13.5. The summed E-state index contributed by atoms with van der Waals surface area (Å²) in [6.07, 6.45) is 1.13. The van der Waals surface area contributed by atoms with Crippen molar-refractivity contribution >= 4 is 27.8 Å². The molecule has 1 N–H and O–H groups in total. The number of carbonyl (C=O) groups excluding carboxylic acids is 2. The Bertz CT molecular complexity index is 545. The van der Waals surface area contributed by atoms with Gasteiger partial charge in [-0.3, -0.25) is 9.59 Å². The highest BCUT2D eigenvalue weighted by Gasteiger charge is 2.18. The summed E-state index contributed by atoms with van der Waals surface area (Å²) in [6, 6.07) is 3.98. The molecule has 1 aromatic rings. The van der Waals surface area contributed by atoms with Crippen molar-refractivity contribution in [1.29, 1.82) is 0 Å². The van der Waals surface area contributed by atoms with E-state index in [4.69, 9.17) is 9.47 Å². The number of benzene rings is 1. The second-order valence-electron chi connectivity index (χ2n) is 4.73. The fourth-order valence-corrected chi connectivity index (χ4v) is 2.76. The highest BCUT2D eigenvalue weighted by Crippen LogP contribution is 2.32. The van der Waals surface area contributed by atoms with Crippen molar-refractivity contribution in [3.05, 3.63) is 27.7 Å². The van der Waals surface area contributed by atoms with Crippen molar-refractivity contribution in [2.75, 3.05) is 13.2 Å². The van der Waals surface area contributed by atoms with Crippen LogP contribution < -0.4 is 10.1 Å². The predicted octanol–water partition coefficient (Wildman–Crippen LogP) is 2.34. The molecule has 0 atom stereocenters. The second kappa shape index (κ2) is 7.45. The molecule has 2 rings (SSSR count). The lowest BCUT2D eigenvalue weighted by Crippen LogP contribution is -2.23. The number of rotatable bonds is 6. The molecule has 0 saturated carbocycles. The third-order valence-corrected chi connectivity index (χ3v) is 3.62. The monoisotopic (exact) mass is 355 g/mol. The number of hydrogen-bond acceptors (Lipinski definition) is 4. The van der Waals surface area contributed by atoms with Crippen LogP contribution in [0.1, 0.15) is 30.9 Å². The molecular formula is C15H18BrNO4. The first-order valence-corrected chi connectivity index (χ1v) is 7.76. The van der Waals surface area contributed by atoms with Gasteiger partial charge in [-0.15, -0.1) is 0 Å². The van der Waals surface area contributed by atoms with Crippen molar-refractivity contribution in [3.8, 4) is 5.75 Å².